The molecule has 3 heterocycles. The van der Waals surface area contributed by atoms with E-state index in [0.29, 0.717) is 19.1 Å². The van der Waals surface area contributed by atoms with Gasteiger partial charge in [0.1, 0.15) is 30.2 Å². The van der Waals surface area contributed by atoms with Gasteiger partial charge in [0.15, 0.2) is 0 Å². The second-order valence-electron chi connectivity index (χ2n) is 7.12. The van der Waals surface area contributed by atoms with Crippen LogP contribution in [0.15, 0.2) is 12.4 Å². The molecular formula is C17H27N5O3. The topological polar surface area (TPSA) is 79.8 Å². The number of hydrogen-bond acceptors (Lipinski definition) is 7. The standard InChI is InChI=1S/C17H27N5O3/c1-21(2)14-6-15(20-12-19-14)22-10-17(11-22)5-4-13(8-25-17)7-18-16(23)9-24-3/h6,12-13H,4-5,7-11H2,1-3H3,(H,18,23). The van der Waals surface area contributed by atoms with Crippen LogP contribution < -0.4 is 15.1 Å². The summed E-state index contributed by atoms with van der Waals surface area (Å²) >= 11 is 0. The molecule has 1 unspecified atom stereocenters. The predicted molar refractivity (Wildman–Crippen MR) is 94.9 cm³/mol. The zero-order valence-electron chi connectivity index (χ0n) is 15.2. The predicted octanol–water partition coefficient (Wildman–Crippen LogP) is 0.291. The van der Waals surface area contributed by atoms with Crippen LogP contribution in [-0.2, 0) is 14.3 Å². The molecular weight excluding hydrogens is 322 g/mol. The Morgan fingerprint density at radius 1 is 1.48 bits per heavy atom. The average molecular weight is 349 g/mol. The molecule has 25 heavy (non-hydrogen) atoms. The second kappa shape index (κ2) is 7.53. The van der Waals surface area contributed by atoms with E-state index >= 15 is 0 Å². The van der Waals surface area contributed by atoms with Crippen LogP contribution in [0.25, 0.3) is 0 Å². The van der Waals surface area contributed by atoms with E-state index < -0.39 is 0 Å². The van der Waals surface area contributed by atoms with Crippen LogP contribution in [0.4, 0.5) is 11.6 Å². The number of hydrogen-bond donors (Lipinski definition) is 1. The molecule has 8 heteroatoms. The van der Waals surface area contributed by atoms with E-state index in [0.717, 1.165) is 37.6 Å². The maximum absolute atomic E-state index is 11.5. The van der Waals surface area contributed by atoms with E-state index in [1.165, 1.54) is 7.11 Å². The molecule has 2 fully saturated rings. The number of methoxy groups -OCH3 is 1. The largest absolute Gasteiger partial charge is 0.375 e. The Balaban J connectivity index is 1.45. The van der Waals surface area contributed by atoms with Gasteiger partial charge in [-0.15, -0.1) is 0 Å². The fraction of sp³-hybridized carbons (Fsp3) is 0.706. The van der Waals surface area contributed by atoms with Gasteiger partial charge in [0.25, 0.3) is 0 Å². The first-order chi connectivity index (χ1) is 12.0. The molecule has 0 aromatic carbocycles. The maximum atomic E-state index is 11.5. The smallest absolute Gasteiger partial charge is 0.245 e. The van der Waals surface area contributed by atoms with Crippen LogP contribution in [-0.4, -0.2) is 75.5 Å². The zero-order chi connectivity index (χ0) is 17.9. The van der Waals surface area contributed by atoms with Crippen LogP contribution in [0.1, 0.15) is 12.8 Å². The summed E-state index contributed by atoms with van der Waals surface area (Å²) in [5.74, 6) is 2.15. The number of anilines is 2. The third-order valence-corrected chi connectivity index (χ3v) is 4.88. The van der Waals surface area contributed by atoms with Crippen LogP contribution in [0, 0.1) is 5.92 Å². The minimum Gasteiger partial charge on any atom is -0.375 e. The van der Waals surface area contributed by atoms with Gasteiger partial charge in [0.05, 0.1) is 19.7 Å². The van der Waals surface area contributed by atoms with Crippen molar-refractivity contribution in [2.24, 2.45) is 5.92 Å². The van der Waals surface area contributed by atoms with Crippen molar-refractivity contribution in [2.75, 3.05) is 63.9 Å². The molecule has 0 aliphatic carbocycles. The van der Waals surface area contributed by atoms with Crippen molar-refractivity contribution in [3.63, 3.8) is 0 Å². The van der Waals surface area contributed by atoms with Crippen molar-refractivity contribution in [3.05, 3.63) is 12.4 Å². The van der Waals surface area contributed by atoms with Crippen molar-refractivity contribution < 1.29 is 14.3 Å². The van der Waals surface area contributed by atoms with Gasteiger partial charge in [0, 0.05) is 33.8 Å². The lowest BCUT2D eigenvalue weighted by molar-refractivity contribution is -0.127. The molecule has 8 nitrogen and oxygen atoms in total. The SMILES string of the molecule is COCC(=O)NCC1CCC2(CN(c3cc(N(C)C)ncn3)C2)OC1. The van der Waals surface area contributed by atoms with Crippen molar-refractivity contribution in [3.8, 4) is 0 Å². The van der Waals surface area contributed by atoms with E-state index in [-0.39, 0.29) is 18.1 Å². The highest BCUT2D eigenvalue weighted by Crippen LogP contribution is 2.38. The number of amides is 1. The van der Waals surface area contributed by atoms with Crippen molar-refractivity contribution in [1.29, 1.82) is 0 Å². The summed E-state index contributed by atoms with van der Waals surface area (Å²) in [4.78, 5) is 24.3. The van der Waals surface area contributed by atoms with Gasteiger partial charge in [-0.05, 0) is 18.8 Å². The summed E-state index contributed by atoms with van der Waals surface area (Å²) in [6.07, 6.45) is 3.68. The molecule has 0 saturated carbocycles. The summed E-state index contributed by atoms with van der Waals surface area (Å²) < 4.78 is 11.0. The summed E-state index contributed by atoms with van der Waals surface area (Å²) in [7, 11) is 5.47. The van der Waals surface area contributed by atoms with Gasteiger partial charge in [0.2, 0.25) is 5.91 Å². The first-order valence-corrected chi connectivity index (χ1v) is 8.65. The molecule has 0 radical (unpaired) electrons. The number of ether oxygens (including phenoxy) is 2. The number of rotatable bonds is 6. The number of carbonyl (C=O) groups is 1. The molecule has 1 N–H and O–H groups in total. The van der Waals surface area contributed by atoms with Crippen molar-refractivity contribution >= 4 is 17.5 Å². The monoisotopic (exact) mass is 349 g/mol. The van der Waals surface area contributed by atoms with Gasteiger partial charge in [-0.1, -0.05) is 0 Å². The zero-order valence-corrected chi connectivity index (χ0v) is 15.2. The highest BCUT2D eigenvalue weighted by atomic mass is 16.5. The molecule has 1 spiro atoms. The summed E-state index contributed by atoms with van der Waals surface area (Å²) in [6, 6.07) is 2.00. The molecule has 1 aromatic heterocycles. The maximum Gasteiger partial charge on any atom is 0.245 e. The Morgan fingerprint density at radius 3 is 2.92 bits per heavy atom. The third kappa shape index (κ3) is 4.19. The Labute approximate surface area is 148 Å². The number of nitrogens with zero attached hydrogens (tertiary/aromatic N) is 4. The molecule has 2 saturated heterocycles. The molecule has 2 aliphatic heterocycles. The van der Waals surface area contributed by atoms with Gasteiger partial charge in [-0.3, -0.25) is 4.79 Å². The van der Waals surface area contributed by atoms with Crippen molar-refractivity contribution in [2.45, 2.75) is 18.4 Å². The molecule has 1 amide bonds. The van der Waals surface area contributed by atoms with E-state index in [1.807, 2.05) is 25.1 Å². The number of nitrogens with one attached hydrogen (secondary N) is 1. The van der Waals surface area contributed by atoms with Crippen LogP contribution in [0.2, 0.25) is 0 Å². The highest BCUT2D eigenvalue weighted by molar-refractivity contribution is 5.77. The van der Waals surface area contributed by atoms with E-state index in [4.69, 9.17) is 9.47 Å². The molecule has 3 rings (SSSR count). The molecule has 138 valence electrons. The number of aromatic nitrogens is 2. The molecule has 2 aliphatic rings. The Kier molecular flexibility index (Phi) is 5.39. The Bertz CT molecular complexity index is 594. The summed E-state index contributed by atoms with van der Waals surface area (Å²) in [5, 5.41) is 2.89. The fourth-order valence-electron chi connectivity index (χ4n) is 3.33. The minimum absolute atomic E-state index is 0.0593. The van der Waals surface area contributed by atoms with Gasteiger partial charge in [-0.25, -0.2) is 9.97 Å². The van der Waals surface area contributed by atoms with Gasteiger partial charge < -0.3 is 24.6 Å². The lowest BCUT2D eigenvalue weighted by Gasteiger charge is -2.53. The van der Waals surface area contributed by atoms with Crippen LogP contribution in [0.3, 0.4) is 0 Å². The molecule has 1 aromatic rings. The minimum atomic E-state index is -0.0712. The lowest BCUT2D eigenvalue weighted by Crippen LogP contribution is -2.65. The number of carbonyl (C=O) groups excluding carboxylic acids is 1. The lowest BCUT2D eigenvalue weighted by atomic mass is 9.83. The van der Waals surface area contributed by atoms with Crippen molar-refractivity contribution in [1.82, 2.24) is 15.3 Å². The second-order valence-corrected chi connectivity index (χ2v) is 7.12. The fourth-order valence-corrected chi connectivity index (χ4v) is 3.33. The summed E-state index contributed by atoms with van der Waals surface area (Å²) in [5.41, 5.74) is -0.0593. The van der Waals surface area contributed by atoms with Gasteiger partial charge in [-0.2, -0.15) is 0 Å². The quantitative estimate of drug-likeness (QED) is 0.791. The van der Waals surface area contributed by atoms with E-state index in [1.54, 1.807) is 6.33 Å². The first kappa shape index (κ1) is 17.9. The first-order valence-electron chi connectivity index (χ1n) is 8.65. The normalized spacial score (nSPS) is 21.7. The average Bonchev–Trinajstić information content (AvgIpc) is 2.59. The van der Waals surface area contributed by atoms with Crippen LogP contribution >= 0.6 is 0 Å². The highest BCUT2D eigenvalue weighted by Gasteiger charge is 2.47. The van der Waals surface area contributed by atoms with Gasteiger partial charge >= 0.3 is 0 Å². The Hall–Kier alpha value is -1.93. The van der Waals surface area contributed by atoms with E-state index in [2.05, 4.69) is 20.2 Å². The third-order valence-electron chi connectivity index (χ3n) is 4.88. The molecule has 1 atom stereocenters. The molecule has 0 bridgehead atoms. The Morgan fingerprint density at radius 2 is 2.28 bits per heavy atom. The van der Waals surface area contributed by atoms with E-state index in [9.17, 15) is 4.79 Å². The summed E-state index contributed by atoms with van der Waals surface area (Å²) in [6.45, 7) is 3.17. The van der Waals surface area contributed by atoms with Crippen LogP contribution in [0.5, 0.6) is 0 Å².